The van der Waals surface area contributed by atoms with E-state index in [4.69, 9.17) is 22.0 Å². The van der Waals surface area contributed by atoms with Gasteiger partial charge in [-0.1, -0.05) is 203 Å². The van der Waals surface area contributed by atoms with Crippen LogP contribution in [0.2, 0.25) is 0 Å². The Kier molecular flexibility index (Phi) is 14.0. The van der Waals surface area contributed by atoms with Gasteiger partial charge in [-0.2, -0.15) is 0 Å². The maximum atomic E-state index is 13.6. The van der Waals surface area contributed by atoms with Crippen LogP contribution in [0.25, 0.3) is 33.1 Å². The summed E-state index contributed by atoms with van der Waals surface area (Å²) in [5.41, 5.74) is 11.1. The van der Waals surface area contributed by atoms with Crippen LogP contribution in [-0.2, 0) is 47.8 Å². The van der Waals surface area contributed by atoms with Gasteiger partial charge in [0.15, 0.2) is 0 Å². The number of benzene rings is 5. The van der Waals surface area contributed by atoms with Crippen LogP contribution in [0.15, 0.2) is 81.2 Å². The van der Waals surface area contributed by atoms with Gasteiger partial charge >= 0.3 is 22.7 Å². The molecule has 72 heavy (non-hydrogen) atoms. The van der Waals surface area contributed by atoms with Gasteiger partial charge in [-0.25, -0.2) is 4.79 Å². The number of rotatable bonds is 5. The molecule has 6 aromatic rings. The molecule has 0 saturated carbocycles. The lowest BCUT2D eigenvalue weighted by Gasteiger charge is -2.33. The summed E-state index contributed by atoms with van der Waals surface area (Å²) in [6.07, 6.45) is 0. The Hall–Kier alpha value is -4.70. The summed E-state index contributed by atoms with van der Waals surface area (Å²) in [4.78, 5) is 13.6. The lowest BCUT2D eigenvalue weighted by atomic mass is 9.75. The predicted molar refractivity (Wildman–Crippen MR) is 307 cm³/mol. The van der Waals surface area contributed by atoms with Crippen LogP contribution in [0.1, 0.15) is 221 Å². The van der Waals surface area contributed by atoms with Gasteiger partial charge in [-0.05, 0) is 102 Å². The smallest absolute Gasteiger partial charge is 0.422 e. The van der Waals surface area contributed by atoms with Gasteiger partial charge in [0.1, 0.15) is 22.7 Å². The number of anilines is 1. The van der Waals surface area contributed by atoms with E-state index in [2.05, 4.69) is 220 Å². The third-order valence-corrected chi connectivity index (χ3v) is 15.9. The topological polar surface area (TPSA) is 83.1 Å². The SMILES string of the molecule is CC(C)(C)c1cc(-c2cc(C(C)(C)C)cc(C(C)(C)C)c2Op2oc3c(C(C)(C)C)cc(C(C)(C)C)cc3c3cc(C(C)(C)C)cc(C(C)(C)C)c3o2)c(OP2Nc3ccccc3C(=O)O2)c(C(C)(C)C)c1. The lowest BCUT2D eigenvalue weighted by molar-refractivity contribution is 0.0738. The first-order chi connectivity index (χ1) is 32.6. The molecule has 7 rings (SSSR count). The molecule has 7 nitrogen and oxygen atoms in total. The molecule has 1 aliphatic heterocycles. The highest BCUT2D eigenvalue weighted by Gasteiger charge is 2.37. The summed E-state index contributed by atoms with van der Waals surface area (Å²) in [5.74, 6) is 0.855. The summed E-state index contributed by atoms with van der Waals surface area (Å²) >= 11 is 0. The van der Waals surface area contributed by atoms with E-state index in [1.165, 1.54) is 11.1 Å². The van der Waals surface area contributed by atoms with Crippen LogP contribution in [0, 0.1) is 0 Å². The Bertz CT molecular complexity index is 3030. The zero-order valence-corrected chi connectivity index (χ0v) is 50.1. The normalized spacial score (nSPS) is 15.3. The maximum Gasteiger partial charge on any atom is 0.453 e. The van der Waals surface area contributed by atoms with Crippen molar-refractivity contribution in [2.75, 3.05) is 5.09 Å². The van der Waals surface area contributed by atoms with Crippen molar-refractivity contribution in [3.63, 3.8) is 0 Å². The monoisotopic (exact) mass is 1010 g/mol. The van der Waals surface area contributed by atoms with Crippen molar-refractivity contribution >= 4 is 50.4 Å². The van der Waals surface area contributed by atoms with Crippen molar-refractivity contribution in [2.45, 2.75) is 209 Å². The third kappa shape index (κ3) is 11.3. The van der Waals surface area contributed by atoms with Crippen LogP contribution >= 0.6 is 16.8 Å². The van der Waals surface area contributed by atoms with Gasteiger partial charge in [-0.15, -0.1) is 0 Å². The highest BCUT2D eigenvalue weighted by atomic mass is 31.2. The Morgan fingerprint density at radius 3 is 1.12 bits per heavy atom. The Balaban J connectivity index is 1.68. The zero-order chi connectivity index (χ0) is 53.9. The highest BCUT2D eigenvalue weighted by Crippen LogP contribution is 2.56. The number of fused-ring (bicyclic) bond motifs is 4. The van der Waals surface area contributed by atoms with Crippen molar-refractivity contribution in [1.29, 1.82) is 0 Å². The second kappa shape index (κ2) is 18.3. The largest absolute Gasteiger partial charge is 0.453 e. The minimum atomic E-state index is -2.20. The number of nitrogens with one attached hydrogen (secondary N) is 1. The molecule has 388 valence electrons. The van der Waals surface area contributed by atoms with E-state index in [1.807, 2.05) is 18.2 Å². The van der Waals surface area contributed by atoms with E-state index in [0.29, 0.717) is 22.7 Å². The molecular weight excluding hydrogens is 929 g/mol. The van der Waals surface area contributed by atoms with E-state index in [9.17, 15) is 4.79 Å². The van der Waals surface area contributed by atoms with Crippen molar-refractivity contribution < 1.29 is 26.8 Å². The Morgan fingerprint density at radius 1 is 0.403 bits per heavy atom. The maximum absolute atomic E-state index is 13.6. The number of para-hydroxylation sites is 1. The van der Waals surface area contributed by atoms with Gasteiger partial charge in [0.2, 0.25) is 0 Å². The van der Waals surface area contributed by atoms with Crippen LogP contribution in [0.4, 0.5) is 5.69 Å². The molecule has 0 saturated heterocycles. The fourth-order valence-corrected chi connectivity index (χ4v) is 11.4. The number of carbonyl (C=O) groups excluding carboxylic acids is 1. The molecule has 0 spiro atoms. The molecule has 0 amide bonds. The molecule has 9 heteroatoms. The van der Waals surface area contributed by atoms with Crippen molar-refractivity contribution in [1.82, 2.24) is 0 Å². The zero-order valence-electron chi connectivity index (χ0n) is 48.3. The molecule has 1 aliphatic rings. The number of carbonyl (C=O) groups is 1. The van der Waals surface area contributed by atoms with E-state index >= 15 is 0 Å². The standard InChI is InChI=1S/C63H85NO6P2/c1-56(2,3)37-29-42(51(46(33-37)60(13,14)15)66-71-64-50-28-26-25-27-41(50)55(65)70-71)43-30-38(57(4,5)6)34-47(61(16,17)18)52(43)67-72-68-53-44(31-39(58(7,8)9)35-48(53)62(19,20)21)45-32-40(59(10,11)12)36-49(54(45)69-72)63(22,23)24/h25-36,64H,1-24H3. The summed E-state index contributed by atoms with van der Waals surface area (Å²) < 4.78 is 36.0. The minimum Gasteiger partial charge on any atom is -0.422 e. The van der Waals surface area contributed by atoms with Gasteiger partial charge in [-0.3, -0.25) is 5.09 Å². The molecule has 0 aliphatic carbocycles. The second-order valence-electron chi connectivity index (χ2n) is 28.5. The van der Waals surface area contributed by atoms with Crippen LogP contribution in [-0.4, -0.2) is 5.97 Å². The molecule has 1 aromatic heterocycles. The molecule has 5 aromatic carbocycles. The molecule has 1 unspecified atom stereocenters. The van der Waals surface area contributed by atoms with Crippen molar-refractivity contribution in [2.24, 2.45) is 0 Å². The lowest BCUT2D eigenvalue weighted by Crippen LogP contribution is -2.21. The summed E-state index contributed by atoms with van der Waals surface area (Å²) in [7, 11) is -4.17. The minimum absolute atomic E-state index is 0.146. The first-order valence-electron chi connectivity index (χ1n) is 25.8. The average Bonchev–Trinajstić information content (AvgIpc) is 3.36. The Labute approximate surface area is 435 Å². The van der Waals surface area contributed by atoms with Crippen molar-refractivity contribution in [3.05, 3.63) is 123 Å². The van der Waals surface area contributed by atoms with E-state index in [1.54, 1.807) is 6.07 Å². The summed E-state index contributed by atoms with van der Waals surface area (Å²) in [6.45, 7) is 54.1. The number of hydrogen-bond donors (Lipinski definition) is 1. The van der Waals surface area contributed by atoms with E-state index in [0.717, 1.165) is 66.4 Å². The molecule has 1 atom stereocenters. The van der Waals surface area contributed by atoms with Crippen LogP contribution in [0.3, 0.4) is 0 Å². The molecule has 1 N–H and O–H groups in total. The van der Waals surface area contributed by atoms with Gasteiger partial charge in [0, 0.05) is 44.2 Å². The molecule has 0 radical (unpaired) electrons. The quantitative estimate of drug-likeness (QED) is 0.172. The van der Waals surface area contributed by atoms with Crippen LogP contribution < -0.4 is 14.1 Å². The first kappa shape index (κ1) is 55.1. The van der Waals surface area contributed by atoms with Crippen LogP contribution in [0.5, 0.6) is 11.5 Å². The van der Waals surface area contributed by atoms with Crippen molar-refractivity contribution in [3.8, 4) is 22.6 Å². The summed E-state index contributed by atoms with van der Waals surface area (Å²) in [6, 6.07) is 25.9. The number of hydrogen-bond acceptors (Lipinski definition) is 7. The van der Waals surface area contributed by atoms with Gasteiger partial charge in [0.05, 0.1) is 11.3 Å². The van der Waals surface area contributed by atoms with E-state index < -0.39 is 33.6 Å². The highest BCUT2D eigenvalue weighted by molar-refractivity contribution is 7.50. The molecule has 2 heterocycles. The second-order valence-corrected chi connectivity index (χ2v) is 30.6. The third-order valence-electron chi connectivity index (χ3n) is 13.8. The predicted octanol–water partition coefficient (Wildman–Crippen LogP) is 20.1. The Morgan fingerprint density at radius 2 is 0.750 bits per heavy atom. The first-order valence-corrected chi connectivity index (χ1v) is 28.1. The molecular formula is C63H85NO6P2. The van der Waals surface area contributed by atoms with Gasteiger partial charge in [0.25, 0.3) is 0 Å². The summed E-state index contributed by atoms with van der Waals surface area (Å²) in [5, 5.41) is 5.46. The fraction of sp³-hybridized carbons (Fsp3) is 0.508. The average molecular weight is 1010 g/mol. The van der Waals surface area contributed by atoms with E-state index in [-0.39, 0.29) is 32.5 Å². The fourth-order valence-electron chi connectivity index (χ4n) is 9.08. The van der Waals surface area contributed by atoms with Gasteiger partial charge < -0.3 is 22.0 Å². The molecule has 0 fully saturated rings. The molecule has 0 bridgehead atoms.